The predicted octanol–water partition coefficient (Wildman–Crippen LogP) is 14.2. The quantitative estimate of drug-likeness (QED) is 0.168. The van der Waals surface area contributed by atoms with Crippen LogP contribution in [0.4, 0.5) is 17.1 Å². The van der Waals surface area contributed by atoms with Gasteiger partial charge < -0.3 is 9.47 Å². The third kappa shape index (κ3) is 5.16. The summed E-state index contributed by atoms with van der Waals surface area (Å²) in [5.41, 5.74) is 16.2. The van der Waals surface area contributed by atoms with Crippen LogP contribution in [0.25, 0.3) is 55.2 Å². The fraction of sp³-hybridized carbons (Fsp3) is 0.115. The molecule has 0 spiro atoms. The Morgan fingerprint density at radius 1 is 0.463 bits per heavy atom. The molecular weight excluding hydrogens is 653 g/mol. The lowest BCUT2D eigenvalue weighted by Crippen LogP contribution is -2.16. The van der Waals surface area contributed by atoms with Crippen molar-refractivity contribution in [2.75, 3.05) is 4.90 Å². The average molecular weight is 695 g/mol. The molecule has 2 aliphatic rings. The van der Waals surface area contributed by atoms with Gasteiger partial charge in [-0.15, -0.1) is 0 Å². The van der Waals surface area contributed by atoms with Crippen LogP contribution in [0.15, 0.2) is 188 Å². The number of para-hydroxylation sites is 1. The van der Waals surface area contributed by atoms with Crippen LogP contribution in [0.1, 0.15) is 37.9 Å². The number of rotatable bonds is 6. The monoisotopic (exact) mass is 694 g/mol. The molecule has 8 aromatic rings. The van der Waals surface area contributed by atoms with Crippen molar-refractivity contribution in [3.63, 3.8) is 0 Å². The van der Waals surface area contributed by atoms with Crippen molar-refractivity contribution in [2.24, 2.45) is 5.92 Å². The van der Waals surface area contributed by atoms with E-state index in [1.54, 1.807) is 0 Å². The van der Waals surface area contributed by atoms with Crippen molar-refractivity contribution in [1.29, 1.82) is 0 Å². The summed E-state index contributed by atoms with van der Waals surface area (Å²) < 4.78 is 2.53. The number of aromatic nitrogens is 1. The number of anilines is 3. The standard InChI is InChI=1S/C52H42N2/c1-35-13-7-11-19-49(35)54-50-20-12-9-17-45(50)46-33-39(25-32-51(46)54)38-23-28-41(29-24-38)53(40-26-21-37(22-27-40)36-14-5-4-6-15-36)42-30-31-44-43-16-8-10-18-47(43)52(2,3)48(44)34-42/h4-35,49H,1-3H3. The molecule has 0 aliphatic heterocycles. The van der Waals surface area contributed by atoms with Gasteiger partial charge in [-0.05, 0) is 105 Å². The molecule has 0 fully saturated rings. The molecule has 0 N–H and O–H groups in total. The Morgan fingerprint density at radius 3 is 1.80 bits per heavy atom. The van der Waals surface area contributed by atoms with Gasteiger partial charge in [-0.3, -0.25) is 0 Å². The molecule has 54 heavy (non-hydrogen) atoms. The average Bonchev–Trinajstić information content (AvgIpc) is 3.67. The summed E-state index contributed by atoms with van der Waals surface area (Å²) in [5, 5.41) is 2.59. The zero-order valence-corrected chi connectivity index (χ0v) is 30.9. The number of allylic oxidation sites excluding steroid dienone is 4. The molecule has 0 radical (unpaired) electrons. The molecule has 260 valence electrons. The summed E-state index contributed by atoms with van der Waals surface area (Å²) >= 11 is 0. The van der Waals surface area contributed by atoms with E-state index >= 15 is 0 Å². The lowest BCUT2D eigenvalue weighted by molar-refractivity contribution is 0.510. The van der Waals surface area contributed by atoms with Gasteiger partial charge in [-0.1, -0.05) is 154 Å². The third-order valence-corrected chi connectivity index (χ3v) is 11.9. The van der Waals surface area contributed by atoms with Crippen molar-refractivity contribution in [1.82, 2.24) is 4.57 Å². The maximum atomic E-state index is 2.53. The van der Waals surface area contributed by atoms with E-state index in [4.69, 9.17) is 0 Å². The number of hydrogen-bond donors (Lipinski definition) is 0. The summed E-state index contributed by atoms with van der Waals surface area (Å²) in [4.78, 5) is 2.40. The van der Waals surface area contributed by atoms with E-state index < -0.39 is 0 Å². The van der Waals surface area contributed by atoms with Crippen molar-refractivity contribution in [3.8, 4) is 33.4 Å². The Labute approximate surface area is 318 Å². The first-order valence-corrected chi connectivity index (χ1v) is 19.1. The molecule has 1 aromatic heterocycles. The van der Waals surface area contributed by atoms with Gasteiger partial charge in [0, 0.05) is 44.3 Å². The van der Waals surface area contributed by atoms with E-state index in [2.05, 4.69) is 218 Å². The second kappa shape index (κ2) is 12.6. The van der Waals surface area contributed by atoms with Gasteiger partial charge in [0.15, 0.2) is 0 Å². The largest absolute Gasteiger partial charge is 0.333 e. The second-order valence-corrected chi connectivity index (χ2v) is 15.4. The van der Waals surface area contributed by atoms with Crippen LogP contribution in [0, 0.1) is 5.92 Å². The van der Waals surface area contributed by atoms with Crippen LogP contribution >= 0.6 is 0 Å². The first-order valence-electron chi connectivity index (χ1n) is 19.1. The summed E-state index contributed by atoms with van der Waals surface area (Å²) in [7, 11) is 0. The molecule has 2 nitrogen and oxygen atoms in total. The molecule has 1 heterocycles. The van der Waals surface area contributed by atoms with Gasteiger partial charge in [-0.2, -0.15) is 0 Å². The van der Waals surface area contributed by atoms with E-state index in [0.717, 1.165) is 17.1 Å². The smallest absolute Gasteiger partial charge is 0.0585 e. The Morgan fingerprint density at radius 2 is 1.04 bits per heavy atom. The zero-order chi connectivity index (χ0) is 36.4. The predicted molar refractivity (Wildman–Crippen MR) is 229 cm³/mol. The molecule has 7 aromatic carbocycles. The zero-order valence-electron chi connectivity index (χ0n) is 30.9. The maximum Gasteiger partial charge on any atom is 0.0585 e. The van der Waals surface area contributed by atoms with Crippen LogP contribution in [0.2, 0.25) is 0 Å². The minimum atomic E-state index is -0.0849. The van der Waals surface area contributed by atoms with E-state index in [1.165, 1.54) is 66.3 Å². The maximum absolute atomic E-state index is 2.53. The highest BCUT2D eigenvalue weighted by Gasteiger charge is 2.35. The Kier molecular flexibility index (Phi) is 7.56. The van der Waals surface area contributed by atoms with Crippen molar-refractivity contribution < 1.29 is 0 Å². The van der Waals surface area contributed by atoms with Crippen molar-refractivity contribution >= 4 is 38.9 Å². The highest BCUT2D eigenvalue weighted by molar-refractivity contribution is 6.09. The van der Waals surface area contributed by atoms with Crippen LogP contribution in [0.3, 0.4) is 0 Å². The minimum absolute atomic E-state index is 0.0849. The molecule has 0 saturated carbocycles. The van der Waals surface area contributed by atoms with Gasteiger partial charge in [0.1, 0.15) is 0 Å². The van der Waals surface area contributed by atoms with E-state index in [1.807, 2.05) is 0 Å². The molecule has 0 bridgehead atoms. The summed E-state index contributed by atoms with van der Waals surface area (Å²) in [6, 6.07) is 60.8. The van der Waals surface area contributed by atoms with E-state index in [0.29, 0.717) is 5.92 Å². The Bertz CT molecular complexity index is 2740. The van der Waals surface area contributed by atoms with Crippen LogP contribution < -0.4 is 4.90 Å². The normalized spacial score (nSPS) is 16.8. The molecule has 10 rings (SSSR count). The summed E-state index contributed by atoms with van der Waals surface area (Å²) in [5.74, 6) is 0.422. The Hall–Kier alpha value is -6.38. The molecule has 2 aliphatic carbocycles. The van der Waals surface area contributed by atoms with Gasteiger partial charge >= 0.3 is 0 Å². The molecule has 2 heteroatoms. The topological polar surface area (TPSA) is 8.17 Å². The Balaban J connectivity index is 1.06. The molecular formula is C52H42N2. The minimum Gasteiger partial charge on any atom is -0.333 e. The number of nitrogens with zero attached hydrogens (tertiary/aromatic N) is 2. The first kappa shape index (κ1) is 32.3. The van der Waals surface area contributed by atoms with Crippen LogP contribution in [0.5, 0.6) is 0 Å². The van der Waals surface area contributed by atoms with Crippen LogP contribution in [-0.4, -0.2) is 4.57 Å². The number of benzene rings is 7. The van der Waals surface area contributed by atoms with E-state index in [9.17, 15) is 0 Å². The number of hydrogen-bond acceptors (Lipinski definition) is 1. The lowest BCUT2D eigenvalue weighted by Gasteiger charge is -2.28. The third-order valence-electron chi connectivity index (χ3n) is 11.9. The first-order chi connectivity index (χ1) is 26.5. The highest BCUT2D eigenvalue weighted by Crippen LogP contribution is 2.51. The van der Waals surface area contributed by atoms with Crippen molar-refractivity contribution in [2.45, 2.75) is 32.2 Å². The highest BCUT2D eigenvalue weighted by atomic mass is 15.1. The van der Waals surface area contributed by atoms with Gasteiger partial charge in [0.05, 0.1) is 6.04 Å². The second-order valence-electron chi connectivity index (χ2n) is 15.4. The molecule has 2 unspecified atom stereocenters. The molecule has 0 saturated heterocycles. The lowest BCUT2D eigenvalue weighted by atomic mass is 9.82. The summed E-state index contributed by atoms with van der Waals surface area (Å²) in [6.07, 6.45) is 9.00. The summed E-state index contributed by atoms with van der Waals surface area (Å²) in [6.45, 7) is 7.02. The SMILES string of the molecule is CC1C=CC=CC1n1c2ccccc2c2cc(-c3ccc(N(c4ccc(-c5ccccc5)cc4)c4ccc5c(c4)C(C)(C)c4ccccc4-5)cc3)ccc21. The van der Waals surface area contributed by atoms with Gasteiger partial charge in [0.25, 0.3) is 0 Å². The van der Waals surface area contributed by atoms with Crippen molar-refractivity contribution in [3.05, 3.63) is 199 Å². The van der Waals surface area contributed by atoms with E-state index in [-0.39, 0.29) is 11.5 Å². The molecule has 0 amide bonds. The fourth-order valence-electron chi connectivity index (χ4n) is 9.05. The van der Waals surface area contributed by atoms with Gasteiger partial charge in [-0.25, -0.2) is 0 Å². The number of fused-ring (bicyclic) bond motifs is 6. The van der Waals surface area contributed by atoms with Crippen LogP contribution in [-0.2, 0) is 5.41 Å². The molecule has 2 atom stereocenters. The fourth-order valence-corrected chi connectivity index (χ4v) is 9.05. The van der Waals surface area contributed by atoms with Gasteiger partial charge in [0.2, 0.25) is 0 Å².